The first-order valence-corrected chi connectivity index (χ1v) is 5.16. The Hall–Kier alpha value is -1.26. The van der Waals surface area contributed by atoms with Gasteiger partial charge in [-0.15, -0.1) is 0 Å². The van der Waals surface area contributed by atoms with Gasteiger partial charge in [0.25, 0.3) is 0 Å². The van der Waals surface area contributed by atoms with Gasteiger partial charge in [0.2, 0.25) is 0 Å². The average Bonchev–Trinajstić information content (AvgIpc) is 2.23. The van der Waals surface area contributed by atoms with Crippen LogP contribution in [0.5, 0.6) is 5.75 Å². The fourth-order valence-corrected chi connectivity index (χ4v) is 1.84. The highest BCUT2D eigenvalue weighted by atomic mass is 35.5. The Morgan fingerprint density at radius 1 is 1.62 bits per heavy atom. The number of aryl methyl sites for hydroxylation is 1. The lowest BCUT2D eigenvalue weighted by atomic mass is 9.97. The van der Waals surface area contributed by atoms with E-state index in [9.17, 15) is 4.79 Å². The molecule has 0 saturated carbocycles. The second kappa shape index (κ2) is 5.18. The molecule has 0 heterocycles. The van der Waals surface area contributed by atoms with E-state index in [2.05, 4.69) is 0 Å². The predicted octanol–water partition coefficient (Wildman–Crippen LogP) is 1.78. The van der Waals surface area contributed by atoms with Gasteiger partial charge in [0.15, 0.2) is 0 Å². The number of halogens is 1. The quantitative estimate of drug-likeness (QED) is 0.846. The van der Waals surface area contributed by atoms with Gasteiger partial charge in [-0.1, -0.05) is 17.7 Å². The smallest absolute Gasteiger partial charge is 0.312 e. The summed E-state index contributed by atoms with van der Waals surface area (Å²) in [6.07, 6.45) is 0. The molecule has 1 atom stereocenters. The van der Waals surface area contributed by atoms with Gasteiger partial charge >= 0.3 is 5.97 Å². The molecule has 5 heteroatoms. The van der Waals surface area contributed by atoms with Crippen LogP contribution in [-0.4, -0.2) is 24.7 Å². The van der Waals surface area contributed by atoms with Gasteiger partial charge in [-0.2, -0.15) is 0 Å². The van der Waals surface area contributed by atoms with Crippen molar-refractivity contribution in [3.8, 4) is 5.75 Å². The number of hydrogen-bond acceptors (Lipinski definition) is 3. The van der Waals surface area contributed by atoms with Gasteiger partial charge in [0.05, 0.1) is 18.1 Å². The summed E-state index contributed by atoms with van der Waals surface area (Å²) in [5.41, 5.74) is 6.82. The summed E-state index contributed by atoms with van der Waals surface area (Å²) in [6, 6.07) is 3.47. The van der Waals surface area contributed by atoms with Crippen molar-refractivity contribution in [3.05, 3.63) is 28.3 Å². The highest BCUT2D eigenvalue weighted by Gasteiger charge is 2.22. The molecule has 0 aliphatic carbocycles. The van der Waals surface area contributed by atoms with E-state index < -0.39 is 11.9 Å². The van der Waals surface area contributed by atoms with E-state index in [-0.39, 0.29) is 6.54 Å². The van der Waals surface area contributed by atoms with Crippen molar-refractivity contribution in [2.45, 2.75) is 12.8 Å². The number of nitrogens with two attached hydrogens (primary N) is 1. The van der Waals surface area contributed by atoms with Crippen LogP contribution in [0, 0.1) is 6.92 Å². The highest BCUT2D eigenvalue weighted by molar-refractivity contribution is 6.33. The molecule has 0 aromatic heterocycles. The van der Waals surface area contributed by atoms with E-state index in [1.165, 1.54) is 7.11 Å². The third-order valence-corrected chi connectivity index (χ3v) is 2.75. The molecule has 1 rings (SSSR count). The highest BCUT2D eigenvalue weighted by Crippen LogP contribution is 2.34. The SMILES string of the molecule is COc1cc(C)cc(C(CN)C(=O)O)c1Cl. The number of methoxy groups -OCH3 is 1. The first kappa shape index (κ1) is 12.8. The molecule has 1 unspecified atom stereocenters. The van der Waals surface area contributed by atoms with E-state index >= 15 is 0 Å². The number of ether oxygens (including phenoxy) is 1. The van der Waals surface area contributed by atoms with Gasteiger partial charge in [0.1, 0.15) is 5.75 Å². The standard InChI is InChI=1S/C11H14ClNO3/c1-6-3-7(8(5-13)11(14)15)10(12)9(4-6)16-2/h3-4,8H,5,13H2,1-2H3,(H,14,15). The van der Waals surface area contributed by atoms with E-state index in [1.807, 2.05) is 6.92 Å². The molecule has 16 heavy (non-hydrogen) atoms. The zero-order valence-corrected chi connectivity index (χ0v) is 9.91. The third kappa shape index (κ3) is 2.46. The maximum absolute atomic E-state index is 11.0. The second-order valence-electron chi connectivity index (χ2n) is 3.50. The molecule has 0 bridgehead atoms. The van der Waals surface area contributed by atoms with Crippen LogP contribution in [0.4, 0.5) is 0 Å². The molecule has 0 aliphatic rings. The van der Waals surface area contributed by atoms with Crippen LogP contribution in [0.2, 0.25) is 5.02 Å². The Labute approximate surface area is 99.0 Å². The number of rotatable bonds is 4. The van der Waals surface area contributed by atoms with Gasteiger partial charge in [-0.25, -0.2) is 0 Å². The van der Waals surface area contributed by atoms with E-state index in [0.717, 1.165) is 5.56 Å². The molecule has 3 N–H and O–H groups in total. The maximum atomic E-state index is 11.0. The third-order valence-electron chi connectivity index (χ3n) is 2.34. The van der Waals surface area contributed by atoms with Gasteiger partial charge in [0, 0.05) is 6.54 Å². The molecular formula is C11H14ClNO3. The fraction of sp³-hybridized carbons (Fsp3) is 0.364. The normalized spacial score (nSPS) is 12.2. The summed E-state index contributed by atoms with van der Waals surface area (Å²) >= 11 is 6.05. The minimum atomic E-state index is -0.989. The molecule has 1 aromatic carbocycles. The van der Waals surface area contributed by atoms with Crippen LogP contribution >= 0.6 is 11.6 Å². The molecule has 0 aliphatic heterocycles. The Morgan fingerprint density at radius 3 is 2.69 bits per heavy atom. The van der Waals surface area contributed by atoms with Crippen molar-refractivity contribution < 1.29 is 14.6 Å². The first-order valence-electron chi connectivity index (χ1n) is 4.78. The zero-order valence-electron chi connectivity index (χ0n) is 9.16. The second-order valence-corrected chi connectivity index (χ2v) is 3.87. The zero-order chi connectivity index (χ0) is 12.3. The summed E-state index contributed by atoms with van der Waals surface area (Å²) in [4.78, 5) is 11.0. The Kier molecular flexibility index (Phi) is 4.15. The summed E-state index contributed by atoms with van der Waals surface area (Å²) in [6.45, 7) is 1.85. The lowest BCUT2D eigenvalue weighted by Gasteiger charge is -2.15. The van der Waals surface area contributed by atoms with Crippen LogP contribution in [0.15, 0.2) is 12.1 Å². The van der Waals surface area contributed by atoms with Gasteiger partial charge in [-0.3, -0.25) is 4.79 Å². The summed E-state index contributed by atoms with van der Waals surface area (Å²) in [5, 5.41) is 9.34. The van der Waals surface area contributed by atoms with Crippen LogP contribution in [0.25, 0.3) is 0 Å². The van der Waals surface area contributed by atoms with E-state index in [1.54, 1.807) is 12.1 Å². The topological polar surface area (TPSA) is 72.5 Å². The Bertz CT molecular complexity index is 406. The minimum absolute atomic E-state index is 0.00165. The Morgan fingerprint density at radius 2 is 2.25 bits per heavy atom. The largest absolute Gasteiger partial charge is 0.495 e. The van der Waals surface area contributed by atoms with Crippen molar-refractivity contribution in [2.24, 2.45) is 5.73 Å². The number of aliphatic carboxylic acids is 1. The molecule has 0 spiro atoms. The maximum Gasteiger partial charge on any atom is 0.312 e. The molecule has 88 valence electrons. The van der Waals surface area contributed by atoms with E-state index in [0.29, 0.717) is 16.3 Å². The molecule has 1 aromatic rings. The van der Waals surface area contributed by atoms with Crippen LogP contribution < -0.4 is 10.5 Å². The number of carbonyl (C=O) groups is 1. The summed E-state index contributed by atoms with van der Waals surface area (Å²) < 4.78 is 5.08. The summed E-state index contributed by atoms with van der Waals surface area (Å²) in [5.74, 6) is -1.32. The fourth-order valence-electron chi connectivity index (χ4n) is 1.53. The van der Waals surface area contributed by atoms with Crippen molar-refractivity contribution in [3.63, 3.8) is 0 Å². The van der Waals surface area contributed by atoms with Crippen LogP contribution in [0.1, 0.15) is 17.0 Å². The number of carboxylic acids is 1. The van der Waals surface area contributed by atoms with Crippen LogP contribution in [0.3, 0.4) is 0 Å². The first-order chi connectivity index (χ1) is 7.51. The number of hydrogen-bond donors (Lipinski definition) is 2. The Balaban J connectivity index is 3.31. The van der Waals surface area contributed by atoms with Crippen molar-refractivity contribution in [2.75, 3.05) is 13.7 Å². The lowest BCUT2D eigenvalue weighted by Crippen LogP contribution is -2.21. The molecular weight excluding hydrogens is 230 g/mol. The monoisotopic (exact) mass is 243 g/mol. The predicted molar refractivity (Wildman–Crippen MR) is 62.2 cm³/mol. The molecule has 0 fully saturated rings. The molecule has 0 saturated heterocycles. The van der Waals surface area contributed by atoms with Gasteiger partial charge < -0.3 is 15.6 Å². The summed E-state index contributed by atoms with van der Waals surface area (Å²) in [7, 11) is 1.49. The van der Waals surface area contributed by atoms with Gasteiger partial charge in [-0.05, 0) is 24.1 Å². The van der Waals surface area contributed by atoms with E-state index in [4.69, 9.17) is 27.2 Å². The molecule has 0 radical (unpaired) electrons. The van der Waals surface area contributed by atoms with Crippen molar-refractivity contribution in [1.82, 2.24) is 0 Å². The van der Waals surface area contributed by atoms with Crippen LogP contribution in [-0.2, 0) is 4.79 Å². The van der Waals surface area contributed by atoms with Crippen molar-refractivity contribution >= 4 is 17.6 Å². The van der Waals surface area contributed by atoms with Crippen molar-refractivity contribution in [1.29, 1.82) is 0 Å². The minimum Gasteiger partial charge on any atom is -0.495 e. The molecule has 4 nitrogen and oxygen atoms in total. The number of carboxylic acid groups (broad SMARTS) is 1. The lowest BCUT2D eigenvalue weighted by molar-refractivity contribution is -0.138. The average molecular weight is 244 g/mol. The number of benzene rings is 1. The molecule has 0 amide bonds.